The van der Waals surface area contributed by atoms with Gasteiger partial charge in [0.2, 0.25) is 0 Å². The summed E-state index contributed by atoms with van der Waals surface area (Å²) in [4.78, 5) is 4.33. The molecule has 0 bridgehead atoms. The molecule has 0 spiro atoms. The van der Waals surface area contributed by atoms with Gasteiger partial charge in [0.15, 0.2) is 5.82 Å². The first kappa shape index (κ1) is 11.1. The Morgan fingerprint density at radius 1 is 1.41 bits per heavy atom. The summed E-state index contributed by atoms with van der Waals surface area (Å²) in [6.07, 6.45) is 1.83. The van der Waals surface area contributed by atoms with Crippen LogP contribution < -0.4 is 5.32 Å². The van der Waals surface area contributed by atoms with E-state index in [2.05, 4.69) is 21.5 Å². The Kier molecular flexibility index (Phi) is 2.79. The Balaban J connectivity index is 2.42. The van der Waals surface area contributed by atoms with Crippen LogP contribution in [0.25, 0.3) is 0 Å². The Hall–Kier alpha value is -2.35. The van der Waals surface area contributed by atoms with E-state index in [0.29, 0.717) is 17.2 Å². The maximum atomic E-state index is 9.12. The summed E-state index contributed by atoms with van der Waals surface area (Å²) >= 11 is 0. The van der Waals surface area contributed by atoms with E-state index in [4.69, 9.17) is 5.26 Å². The number of rotatable bonds is 2. The molecule has 1 N–H and O–H groups in total. The molecular formula is C12H13N5. The van der Waals surface area contributed by atoms with Gasteiger partial charge in [-0.25, -0.2) is 4.98 Å². The molecule has 5 nitrogen and oxygen atoms in total. The van der Waals surface area contributed by atoms with E-state index in [1.807, 2.05) is 39.2 Å². The molecule has 17 heavy (non-hydrogen) atoms. The van der Waals surface area contributed by atoms with Crippen molar-refractivity contribution in [2.45, 2.75) is 13.8 Å². The number of nitrogens with zero attached hydrogens (tertiary/aromatic N) is 4. The largest absolute Gasteiger partial charge is 0.322 e. The first-order chi connectivity index (χ1) is 8.10. The molecule has 0 amide bonds. The lowest BCUT2D eigenvalue weighted by molar-refractivity contribution is 0.771. The molecule has 0 saturated carbocycles. The Labute approximate surface area is 99.7 Å². The van der Waals surface area contributed by atoms with Gasteiger partial charge < -0.3 is 5.32 Å². The molecule has 0 aliphatic heterocycles. The van der Waals surface area contributed by atoms with E-state index >= 15 is 0 Å². The Morgan fingerprint density at radius 2 is 2.18 bits per heavy atom. The second-order valence-electron chi connectivity index (χ2n) is 3.92. The summed E-state index contributed by atoms with van der Waals surface area (Å²) in [5, 5.41) is 16.4. The lowest BCUT2D eigenvalue weighted by atomic mass is 10.1. The second kappa shape index (κ2) is 4.26. The first-order valence-corrected chi connectivity index (χ1v) is 5.25. The van der Waals surface area contributed by atoms with Crippen molar-refractivity contribution in [1.29, 1.82) is 5.26 Å². The second-order valence-corrected chi connectivity index (χ2v) is 3.92. The Bertz CT molecular complexity index is 591. The van der Waals surface area contributed by atoms with Crippen LogP contribution in [0.4, 0.5) is 11.6 Å². The third-order valence-corrected chi connectivity index (χ3v) is 2.42. The van der Waals surface area contributed by atoms with E-state index in [-0.39, 0.29) is 0 Å². The molecule has 0 aromatic carbocycles. The lowest BCUT2D eigenvalue weighted by Gasteiger charge is -2.07. The van der Waals surface area contributed by atoms with Gasteiger partial charge >= 0.3 is 0 Å². The highest BCUT2D eigenvalue weighted by atomic mass is 15.3. The number of nitrogens with one attached hydrogen (secondary N) is 1. The zero-order valence-electron chi connectivity index (χ0n) is 10.0. The average molecular weight is 227 g/mol. The van der Waals surface area contributed by atoms with Crippen LogP contribution in [0.3, 0.4) is 0 Å². The van der Waals surface area contributed by atoms with Crippen LogP contribution in [-0.4, -0.2) is 14.8 Å². The van der Waals surface area contributed by atoms with Gasteiger partial charge in [-0.3, -0.25) is 4.68 Å². The average Bonchev–Trinajstić information content (AvgIpc) is 2.63. The highest BCUT2D eigenvalue weighted by Crippen LogP contribution is 2.20. The van der Waals surface area contributed by atoms with Crippen LogP contribution in [0.5, 0.6) is 0 Å². The minimum Gasteiger partial charge on any atom is -0.322 e. The van der Waals surface area contributed by atoms with E-state index in [1.165, 1.54) is 0 Å². The predicted octanol–water partition coefficient (Wildman–Crippen LogP) is 2.05. The van der Waals surface area contributed by atoms with Crippen molar-refractivity contribution in [3.05, 3.63) is 35.2 Å². The number of nitriles is 1. The first-order valence-electron chi connectivity index (χ1n) is 5.25. The molecule has 0 atom stereocenters. The zero-order chi connectivity index (χ0) is 12.4. The molecule has 0 aliphatic rings. The van der Waals surface area contributed by atoms with Gasteiger partial charge in [-0.2, -0.15) is 10.4 Å². The topological polar surface area (TPSA) is 66.5 Å². The summed E-state index contributed by atoms with van der Waals surface area (Å²) in [5.41, 5.74) is 2.35. The highest BCUT2D eigenvalue weighted by molar-refractivity contribution is 5.62. The van der Waals surface area contributed by atoms with Crippen LogP contribution in [0.1, 0.15) is 16.8 Å². The standard InChI is InChI=1S/C12H13N5/c1-8-6-9(2)14-12(10(8)7-13)15-11-4-5-17(3)16-11/h4-6H,1-3H3,(H,14,15,16). The van der Waals surface area contributed by atoms with Crippen molar-refractivity contribution in [1.82, 2.24) is 14.8 Å². The highest BCUT2D eigenvalue weighted by Gasteiger charge is 2.09. The maximum Gasteiger partial charge on any atom is 0.153 e. The normalized spacial score (nSPS) is 10.0. The van der Waals surface area contributed by atoms with Crippen molar-refractivity contribution in [2.75, 3.05) is 5.32 Å². The van der Waals surface area contributed by atoms with Crippen LogP contribution in [0.2, 0.25) is 0 Å². The smallest absolute Gasteiger partial charge is 0.153 e. The SMILES string of the molecule is Cc1cc(C)c(C#N)c(Nc2ccn(C)n2)n1. The minimum absolute atomic E-state index is 0.557. The lowest BCUT2D eigenvalue weighted by Crippen LogP contribution is -2.01. The molecule has 2 aromatic rings. The van der Waals surface area contributed by atoms with Crippen molar-refractivity contribution in [3.63, 3.8) is 0 Å². The van der Waals surface area contributed by atoms with E-state index < -0.39 is 0 Å². The van der Waals surface area contributed by atoms with Crippen molar-refractivity contribution >= 4 is 11.6 Å². The summed E-state index contributed by atoms with van der Waals surface area (Å²) in [6, 6.07) is 5.88. The molecular weight excluding hydrogens is 214 g/mol. The Morgan fingerprint density at radius 3 is 2.76 bits per heavy atom. The summed E-state index contributed by atoms with van der Waals surface area (Å²) < 4.78 is 1.69. The molecule has 0 aliphatic carbocycles. The van der Waals surface area contributed by atoms with E-state index in [0.717, 1.165) is 11.3 Å². The van der Waals surface area contributed by atoms with E-state index in [9.17, 15) is 0 Å². The fraction of sp³-hybridized carbons (Fsp3) is 0.250. The van der Waals surface area contributed by atoms with Gasteiger partial charge in [-0.15, -0.1) is 0 Å². The quantitative estimate of drug-likeness (QED) is 0.852. The van der Waals surface area contributed by atoms with Gasteiger partial charge in [0.05, 0.1) is 5.56 Å². The molecule has 2 rings (SSSR count). The van der Waals surface area contributed by atoms with Gasteiger partial charge in [-0.1, -0.05) is 0 Å². The molecule has 2 heterocycles. The third kappa shape index (κ3) is 2.26. The van der Waals surface area contributed by atoms with Gasteiger partial charge in [0, 0.05) is 25.0 Å². The molecule has 0 saturated heterocycles. The molecule has 0 unspecified atom stereocenters. The number of anilines is 2. The molecule has 2 aromatic heterocycles. The predicted molar refractivity (Wildman–Crippen MR) is 64.9 cm³/mol. The number of hydrogen-bond acceptors (Lipinski definition) is 4. The maximum absolute atomic E-state index is 9.12. The van der Waals surface area contributed by atoms with Gasteiger partial charge in [0.25, 0.3) is 0 Å². The summed E-state index contributed by atoms with van der Waals surface area (Å²) in [7, 11) is 1.84. The molecule has 0 fully saturated rings. The zero-order valence-corrected chi connectivity index (χ0v) is 10.0. The van der Waals surface area contributed by atoms with Crippen LogP contribution in [0.15, 0.2) is 18.3 Å². The monoisotopic (exact) mass is 227 g/mol. The van der Waals surface area contributed by atoms with Crippen LogP contribution in [-0.2, 0) is 7.05 Å². The van der Waals surface area contributed by atoms with Gasteiger partial charge in [0.1, 0.15) is 11.9 Å². The van der Waals surface area contributed by atoms with E-state index in [1.54, 1.807) is 4.68 Å². The molecule has 0 radical (unpaired) electrons. The number of hydrogen-bond donors (Lipinski definition) is 1. The minimum atomic E-state index is 0.557. The summed E-state index contributed by atoms with van der Waals surface area (Å²) in [6.45, 7) is 3.80. The number of pyridine rings is 1. The van der Waals surface area contributed by atoms with Crippen molar-refractivity contribution < 1.29 is 0 Å². The van der Waals surface area contributed by atoms with Crippen LogP contribution in [0, 0.1) is 25.2 Å². The van der Waals surface area contributed by atoms with Crippen molar-refractivity contribution in [3.8, 4) is 6.07 Å². The molecule has 5 heteroatoms. The fourth-order valence-corrected chi connectivity index (χ4v) is 1.67. The summed E-state index contributed by atoms with van der Waals surface area (Å²) in [5.74, 6) is 1.24. The van der Waals surface area contributed by atoms with Gasteiger partial charge in [-0.05, 0) is 25.5 Å². The number of aromatic nitrogens is 3. The third-order valence-electron chi connectivity index (χ3n) is 2.42. The van der Waals surface area contributed by atoms with Crippen molar-refractivity contribution in [2.24, 2.45) is 7.05 Å². The fourth-order valence-electron chi connectivity index (χ4n) is 1.67. The molecule has 86 valence electrons. The van der Waals surface area contributed by atoms with Crippen LogP contribution >= 0.6 is 0 Å². The number of aryl methyl sites for hydroxylation is 3.